The van der Waals surface area contributed by atoms with Crippen LogP contribution in [-0.2, 0) is 6.18 Å². The van der Waals surface area contributed by atoms with Crippen molar-refractivity contribution in [2.24, 2.45) is 0 Å². The summed E-state index contributed by atoms with van der Waals surface area (Å²) in [6.45, 7) is 2.47. The van der Waals surface area contributed by atoms with E-state index in [0.29, 0.717) is 12.4 Å². The van der Waals surface area contributed by atoms with Gasteiger partial charge in [0.15, 0.2) is 0 Å². The molecule has 1 aromatic heterocycles. The molecular formula is C21H18ClF3O4. The monoisotopic (exact) mass is 426 g/mol. The predicted molar refractivity (Wildman–Crippen MR) is 104 cm³/mol. The number of hydrogen-bond acceptors (Lipinski definition) is 4. The summed E-state index contributed by atoms with van der Waals surface area (Å²) < 4.78 is 56.5. The summed E-state index contributed by atoms with van der Waals surface area (Å²) in [4.78, 5) is 12.8. The smallest absolute Gasteiger partial charge is 0.453 e. The number of unbranched alkanes of at least 4 members (excludes halogenated alkanes) is 2. The first-order chi connectivity index (χ1) is 13.8. The number of ether oxygens (including phenoxy) is 2. The molecule has 0 bridgehead atoms. The molecule has 2 aromatic carbocycles. The van der Waals surface area contributed by atoms with E-state index in [1.165, 1.54) is 36.4 Å². The fourth-order valence-electron chi connectivity index (χ4n) is 2.71. The van der Waals surface area contributed by atoms with Gasteiger partial charge >= 0.3 is 6.18 Å². The predicted octanol–water partition coefficient (Wildman–Crippen LogP) is 6.83. The summed E-state index contributed by atoms with van der Waals surface area (Å²) in [5.74, 6) is -2.25. The Kier molecular flexibility index (Phi) is 6.37. The Labute approximate surface area is 169 Å². The standard InChI is InChI=1S/C21H18ClF3O4/c1-2-3-6-11-27-13-9-10-14-17(12-13)29-20(21(23,24)25)19(18(14)26)28-16-8-5-4-7-15(16)22/h4-5,7-10,12H,2-3,6,11H2,1H3. The lowest BCUT2D eigenvalue weighted by Crippen LogP contribution is -2.15. The number of halogens is 4. The third-order valence-electron chi connectivity index (χ3n) is 4.14. The van der Waals surface area contributed by atoms with Crippen molar-refractivity contribution in [1.82, 2.24) is 0 Å². The van der Waals surface area contributed by atoms with Gasteiger partial charge in [0, 0.05) is 6.07 Å². The second-order valence-corrected chi connectivity index (χ2v) is 6.74. The zero-order valence-electron chi connectivity index (χ0n) is 15.5. The van der Waals surface area contributed by atoms with E-state index in [0.717, 1.165) is 19.3 Å². The van der Waals surface area contributed by atoms with Gasteiger partial charge in [0.05, 0.1) is 17.0 Å². The van der Waals surface area contributed by atoms with E-state index in [4.69, 9.17) is 25.5 Å². The number of benzene rings is 2. The average molecular weight is 427 g/mol. The van der Waals surface area contributed by atoms with Crippen molar-refractivity contribution >= 4 is 22.6 Å². The highest BCUT2D eigenvalue weighted by atomic mass is 35.5. The number of para-hydroxylation sites is 1. The molecule has 154 valence electrons. The lowest BCUT2D eigenvalue weighted by atomic mass is 10.2. The van der Waals surface area contributed by atoms with Crippen LogP contribution in [0.4, 0.5) is 13.2 Å². The van der Waals surface area contributed by atoms with E-state index in [9.17, 15) is 18.0 Å². The molecule has 0 spiro atoms. The van der Waals surface area contributed by atoms with Crippen LogP contribution in [0.2, 0.25) is 5.02 Å². The summed E-state index contributed by atoms with van der Waals surface area (Å²) >= 11 is 5.95. The van der Waals surface area contributed by atoms with Gasteiger partial charge in [-0.15, -0.1) is 0 Å². The topological polar surface area (TPSA) is 48.7 Å². The van der Waals surface area contributed by atoms with E-state index in [2.05, 4.69) is 0 Å². The summed E-state index contributed by atoms with van der Waals surface area (Å²) in [5.41, 5.74) is -1.18. The van der Waals surface area contributed by atoms with Crippen molar-refractivity contribution in [1.29, 1.82) is 0 Å². The molecule has 0 N–H and O–H groups in total. The van der Waals surface area contributed by atoms with Gasteiger partial charge in [0.25, 0.3) is 5.76 Å². The molecule has 4 nitrogen and oxygen atoms in total. The number of fused-ring (bicyclic) bond motifs is 1. The van der Waals surface area contributed by atoms with Crippen molar-refractivity contribution in [2.45, 2.75) is 32.4 Å². The molecule has 0 saturated carbocycles. The van der Waals surface area contributed by atoms with Gasteiger partial charge in [0.2, 0.25) is 11.2 Å². The van der Waals surface area contributed by atoms with Crippen molar-refractivity contribution in [3.63, 3.8) is 0 Å². The largest absolute Gasteiger partial charge is 0.493 e. The van der Waals surface area contributed by atoms with Crippen LogP contribution in [0.15, 0.2) is 51.7 Å². The molecule has 0 saturated heterocycles. The molecule has 0 aliphatic heterocycles. The first-order valence-electron chi connectivity index (χ1n) is 9.04. The molecule has 0 amide bonds. The van der Waals surface area contributed by atoms with Gasteiger partial charge in [-0.2, -0.15) is 13.2 Å². The molecule has 29 heavy (non-hydrogen) atoms. The maximum Gasteiger partial charge on any atom is 0.453 e. The third-order valence-corrected chi connectivity index (χ3v) is 4.46. The van der Waals surface area contributed by atoms with Crippen LogP contribution in [-0.4, -0.2) is 6.61 Å². The van der Waals surface area contributed by atoms with Crippen LogP contribution in [0.5, 0.6) is 17.2 Å². The second kappa shape index (κ2) is 8.78. The first-order valence-corrected chi connectivity index (χ1v) is 9.42. The van der Waals surface area contributed by atoms with E-state index < -0.39 is 23.1 Å². The summed E-state index contributed by atoms with van der Waals surface area (Å²) in [6.07, 6.45) is -2.14. The Morgan fingerprint density at radius 3 is 2.55 bits per heavy atom. The van der Waals surface area contributed by atoms with E-state index in [1.807, 2.05) is 6.92 Å². The summed E-state index contributed by atoms with van der Waals surface area (Å²) in [7, 11) is 0. The van der Waals surface area contributed by atoms with Gasteiger partial charge in [-0.05, 0) is 30.7 Å². The van der Waals surface area contributed by atoms with E-state index in [1.54, 1.807) is 6.07 Å². The fraction of sp³-hybridized carbons (Fsp3) is 0.286. The lowest BCUT2D eigenvalue weighted by molar-refractivity contribution is -0.154. The Morgan fingerprint density at radius 1 is 1.10 bits per heavy atom. The Bertz CT molecular complexity index is 1060. The minimum Gasteiger partial charge on any atom is -0.493 e. The average Bonchev–Trinajstić information content (AvgIpc) is 2.68. The van der Waals surface area contributed by atoms with Gasteiger partial charge in [-0.25, -0.2) is 0 Å². The Morgan fingerprint density at radius 2 is 1.86 bits per heavy atom. The van der Waals surface area contributed by atoms with Crippen LogP contribution < -0.4 is 14.9 Å². The van der Waals surface area contributed by atoms with Crippen LogP contribution >= 0.6 is 11.6 Å². The van der Waals surface area contributed by atoms with Crippen molar-refractivity contribution in [3.05, 3.63) is 63.5 Å². The Balaban J connectivity index is 2.05. The molecule has 1 heterocycles. The Hall–Kier alpha value is -2.67. The maximum absolute atomic E-state index is 13.6. The molecule has 0 unspecified atom stereocenters. The number of alkyl halides is 3. The third kappa shape index (κ3) is 4.85. The summed E-state index contributed by atoms with van der Waals surface area (Å²) in [6, 6.07) is 10.1. The van der Waals surface area contributed by atoms with Crippen molar-refractivity contribution < 1.29 is 27.1 Å². The normalized spacial score (nSPS) is 11.6. The van der Waals surface area contributed by atoms with Crippen LogP contribution in [0.1, 0.15) is 31.9 Å². The number of hydrogen-bond donors (Lipinski definition) is 0. The van der Waals surface area contributed by atoms with Gasteiger partial charge in [-0.1, -0.05) is 43.5 Å². The molecular weight excluding hydrogens is 409 g/mol. The zero-order chi connectivity index (χ0) is 21.0. The molecule has 8 heteroatoms. The fourth-order valence-corrected chi connectivity index (χ4v) is 2.88. The van der Waals surface area contributed by atoms with Crippen LogP contribution in [0.25, 0.3) is 11.0 Å². The van der Waals surface area contributed by atoms with Gasteiger partial charge in [-0.3, -0.25) is 4.79 Å². The van der Waals surface area contributed by atoms with E-state index >= 15 is 0 Å². The number of rotatable bonds is 7. The van der Waals surface area contributed by atoms with Gasteiger partial charge in [0.1, 0.15) is 17.1 Å². The van der Waals surface area contributed by atoms with Gasteiger partial charge < -0.3 is 13.9 Å². The minimum absolute atomic E-state index is 0.0547. The summed E-state index contributed by atoms with van der Waals surface area (Å²) in [5, 5.41) is 0.0110. The minimum atomic E-state index is -4.94. The molecule has 0 aliphatic rings. The molecule has 3 aromatic rings. The molecule has 0 atom stereocenters. The molecule has 3 rings (SSSR count). The highest BCUT2D eigenvalue weighted by molar-refractivity contribution is 6.32. The van der Waals surface area contributed by atoms with Crippen LogP contribution in [0, 0.1) is 0 Å². The SMILES string of the molecule is CCCCCOc1ccc2c(=O)c(Oc3ccccc3Cl)c(C(F)(F)F)oc2c1. The maximum atomic E-state index is 13.6. The first kappa shape index (κ1) is 21.0. The van der Waals surface area contributed by atoms with Crippen molar-refractivity contribution in [2.75, 3.05) is 6.61 Å². The molecule has 0 aliphatic carbocycles. The molecule has 0 fully saturated rings. The van der Waals surface area contributed by atoms with E-state index in [-0.39, 0.29) is 21.7 Å². The zero-order valence-corrected chi connectivity index (χ0v) is 16.3. The lowest BCUT2D eigenvalue weighted by Gasteiger charge is -2.14. The highest BCUT2D eigenvalue weighted by Crippen LogP contribution is 2.39. The second-order valence-electron chi connectivity index (χ2n) is 6.33. The highest BCUT2D eigenvalue weighted by Gasteiger charge is 2.40. The van der Waals surface area contributed by atoms with Crippen LogP contribution in [0.3, 0.4) is 0 Å². The molecule has 0 radical (unpaired) electrons. The van der Waals surface area contributed by atoms with Crippen molar-refractivity contribution in [3.8, 4) is 17.2 Å². The quantitative estimate of drug-likeness (QED) is 0.388.